The molecule has 0 fully saturated rings. The third-order valence-corrected chi connectivity index (χ3v) is 3.52. The van der Waals surface area contributed by atoms with Crippen molar-refractivity contribution in [3.63, 3.8) is 0 Å². The molecule has 0 aliphatic rings. The maximum absolute atomic E-state index is 12.6. The molecule has 0 atom stereocenters. The van der Waals surface area contributed by atoms with Gasteiger partial charge in [0.25, 0.3) is 0 Å². The molecule has 0 saturated carbocycles. The minimum Gasteiger partial charge on any atom is -0.300 e. The Balaban J connectivity index is 2.32. The van der Waals surface area contributed by atoms with E-state index in [0.717, 1.165) is 6.20 Å². The number of hydrogen-bond acceptors (Lipinski definition) is 4. The Morgan fingerprint density at radius 2 is 2.10 bits per heavy atom. The number of ketones is 1. The Morgan fingerprint density at radius 3 is 2.65 bits per heavy atom. The van der Waals surface area contributed by atoms with Crippen LogP contribution in [-0.4, -0.2) is 15.8 Å². The van der Waals surface area contributed by atoms with Gasteiger partial charge in [-0.2, -0.15) is 13.2 Å². The quantitative estimate of drug-likeness (QED) is 0.868. The van der Waals surface area contributed by atoms with Gasteiger partial charge < -0.3 is 0 Å². The highest BCUT2D eigenvalue weighted by atomic mass is 32.1. The molecule has 2 rings (SSSR count). The maximum Gasteiger partial charge on any atom is 0.433 e. The molecule has 0 spiro atoms. The zero-order valence-electron chi connectivity index (χ0n) is 10.8. The second kappa shape index (κ2) is 5.32. The molecule has 0 N–H and O–H groups in total. The number of aryl methyl sites for hydroxylation is 1. The zero-order chi connectivity index (χ0) is 14.9. The molecule has 0 unspecified atom stereocenters. The normalized spacial score (nSPS) is 11.7. The van der Waals surface area contributed by atoms with Gasteiger partial charge in [0, 0.05) is 23.6 Å². The Labute approximate surface area is 117 Å². The molecule has 2 heterocycles. The summed E-state index contributed by atoms with van der Waals surface area (Å²) in [6, 6.07) is 1.41. The van der Waals surface area contributed by atoms with E-state index >= 15 is 0 Å². The largest absolute Gasteiger partial charge is 0.433 e. The van der Waals surface area contributed by atoms with Crippen molar-refractivity contribution in [2.45, 2.75) is 26.4 Å². The van der Waals surface area contributed by atoms with Gasteiger partial charge in [-0.3, -0.25) is 9.78 Å². The number of pyridine rings is 1. The van der Waals surface area contributed by atoms with Gasteiger partial charge in [-0.05, 0) is 25.5 Å². The first-order valence-corrected chi connectivity index (χ1v) is 6.63. The van der Waals surface area contributed by atoms with Gasteiger partial charge in [-0.1, -0.05) is 0 Å². The Hall–Kier alpha value is -1.76. The minimum atomic E-state index is -4.45. The van der Waals surface area contributed by atoms with Crippen LogP contribution in [0, 0.1) is 6.92 Å². The van der Waals surface area contributed by atoms with Crippen molar-refractivity contribution in [3.8, 4) is 10.6 Å². The predicted molar refractivity (Wildman–Crippen MR) is 69.5 cm³/mol. The van der Waals surface area contributed by atoms with Gasteiger partial charge in [0.15, 0.2) is 0 Å². The Bertz CT molecular complexity index is 649. The number of halogens is 3. The molecule has 0 saturated heterocycles. The van der Waals surface area contributed by atoms with Crippen molar-refractivity contribution < 1.29 is 18.0 Å². The van der Waals surface area contributed by atoms with Crippen LogP contribution in [0.4, 0.5) is 13.2 Å². The lowest BCUT2D eigenvalue weighted by atomic mass is 10.1. The molecule has 106 valence electrons. The number of thiazole rings is 1. The molecule has 2 aromatic rings. The van der Waals surface area contributed by atoms with E-state index in [1.807, 2.05) is 0 Å². The van der Waals surface area contributed by atoms with Crippen LogP contribution in [0.1, 0.15) is 23.9 Å². The monoisotopic (exact) mass is 300 g/mol. The first-order valence-electron chi connectivity index (χ1n) is 5.75. The third kappa shape index (κ3) is 3.22. The fraction of sp³-hybridized carbons (Fsp3) is 0.308. The van der Waals surface area contributed by atoms with Gasteiger partial charge >= 0.3 is 6.18 Å². The average molecular weight is 300 g/mol. The summed E-state index contributed by atoms with van der Waals surface area (Å²) in [6.45, 7) is 2.83. The molecule has 0 bridgehead atoms. The van der Waals surface area contributed by atoms with Gasteiger partial charge in [0.1, 0.15) is 16.5 Å². The van der Waals surface area contributed by atoms with Gasteiger partial charge in [0.05, 0.1) is 5.69 Å². The molecule has 3 nitrogen and oxygen atoms in total. The van der Waals surface area contributed by atoms with Crippen LogP contribution >= 0.6 is 11.3 Å². The topological polar surface area (TPSA) is 42.9 Å². The molecule has 7 heteroatoms. The molecular formula is C13H11F3N2OS. The average Bonchev–Trinajstić information content (AvgIpc) is 2.74. The molecule has 0 radical (unpaired) electrons. The van der Waals surface area contributed by atoms with Crippen molar-refractivity contribution in [1.29, 1.82) is 0 Å². The summed E-state index contributed by atoms with van der Waals surface area (Å²) in [7, 11) is 0. The van der Waals surface area contributed by atoms with Gasteiger partial charge in [-0.25, -0.2) is 4.98 Å². The van der Waals surface area contributed by atoms with Gasteiger partial charge in [0.2, 0.25) is 0 Å². The SMILES string of the molecule is CC(=O)Cc1csc(-c2cnc(C(F)(F)F)c(C)c2)n1. The maximum atomic E-state index is 12.6. The summed E-state index contributed by atoms with van der Waals surface area (Å²) in [6.07, 6.45) is -3.07. The van der Waals surface area contributed by atoms with Crippen molar-refractivity contribution >= 4 is 17.1 Å². The van der Waals surface area contributed by atoms with E-state index in [9.17, 15) is 18.0 Å². The minimum absolute atomic E-state index is 0.0106. The number of nitrogens with zero attached hydrogens (tertiary/aromatic N) is 2. The number of carbonyl (C=O) groups is 1. The van der Waals surface area contributed by atoms with E-state index < -0.39 is 11.9 Å². The molecule has 0 amide bonds. The molecule has 0 aliphatic heterocycles. The van der Waals surface area contributed by atoms with Crippen molar-refractivity contribution in [2.24, 2.45) is 0 Å². The van der Waals surface area contributed by atoms with Crippen molar-refractivity contribution in [2.75, 3.05) is 0 Å². The summed E-state index contributed by atoms with van der Waals surface area (Å²) in [5, 5.41) is 2.29. The van der Waals surface area contributed by atoms with E-state index in [-0.39, 0.29) is 17.8 Å². The Kier molecular flexibility index (Phi) is 3.89. The fourth-order valence-corrected chi connectivity index (χ4v) is 2.57. The summed E-state index contributed by atoms with van der Waals surface area (Å²) >= 11 is 1.28. The lowest BCUT2D eigenvalue weighted by molar-refractivity contribution is -0.141. The number of Topliss-reactive ketones (excluding diaryl/α,β-unsaturated/α-hetero) is 1. The summed E-state index contributed by atoms with van der Waals surface area (Å²) in [4.78, 5) is 18.7. The smallest absolute Gasteiger partial charge is 0.300 e. The number of carbonyl (C=O) groups excluding carboxylic acids is 1. The van der Waals surface area contributed by atoms with Crippen LogP contribution in [0.25, 0.3) is 10.6 Å². The molecule has 2 aromatic heterocycles. The lowest BCUT2D eigenvalue weighted by Crippen LogP contribution is -2.10. The third-order valence-electron chi connectivity index (χ3n) is 2.58. The van der Waals surface area contributed by atoms with Crippen LogP contribution in [0.3, 0.4) is 0 Å². The first kappa shape index (κ1) is 14.6. The van der Waals surface area contributed by atoms with Crippen LogP contribution in [0.2, 0.25) is 0 Å². The predicted octanol–water partition coefficient (Wildman–Crippen LogP) is 3.66. The van der Waals surface area contributed by atoms with Crippen LogP contribution in [0.5, 0.6) is 0 Å². The molecular weight excluding hydrogens is 289 g/mol. The highest BCUT2D eigenvalue weighted by Gasteiger charge is 2.34. The van der Waals surface area contributed by atoms with E-state index in [0.29, 0.717) is 16.3 Å². The summed E-state index contributed by atoms with van der Waals surface area (Å²) in [5.41, 5.74) is 0.311. The second-order valence-corrected chi connectivity index (χ2v) is 5.27. The number of alkyl halides is 3. The van der Waals surface area contributed by atoms with Crippen molar-refractivity contribution in [1.82, 2.24) is 9.97 Å². The fourth-order valence-electron chi connectivity index (χ4n) is 1.76. The summed E-state index contributed by atoms with van der Waals surface area (Å²) < 4.78 is 37.9. The summed E-state index contributed by atoms with van der Waals surface area (Å²) in [5.74, 6) is -0.0106. The van der Waals surface area contributed by atoms with Crippen LogP contribution < -0.4 is 0 Å². The number of hydrogen-bond donors (Lipinski definition) is 0. The lowest BCUT2D eigenvalue weighted by Gasteiger charge is -2.09. The van der Waals surface area contributed by atoms with E-state index in [1.165, 1.54) is 31.3 Å². The molecule has 20 heavy (non-hydrogen) atoms. The van der Waals surface area contributed by atoms with Crippen LogP contribution in [-0.2, 0) is 17.4 Å². The van der Waals surface area contributed by atoms with Crippen LogP contribution in [0.15, 0.2) is 17.6 Å². The van der Waals surface area contributed by atoms with E-state index in [4.69, 9.17) is 0 Å². The highest BCUT2D eigenvalue weighted by Crippen LogP contribution is 2.32. The second-order valence-electron chi connectivity index (χ2n) is 4.41. The Morgan fingerprint density at radius 1 is 1.40 bits per heavy atom. The standard InChI is InChI=1S/C13H11F3N2OS/c1-7-3-9(5-17-11(7)13(14,15)16)12-18-10(6-20-12)4-8(2)19/h3,5-6H,4H2,1-2H3. The number of aromatic nitrogens is 2. The first-order chi connectivity index (χ1) is 9.27. The van der Waals surface area contributed by atoms with E-state index in [2.05, 4.69) is 9.97 Å². The van der Waals surface area contributed by atoms with Gasteiger partial charge in [-0.15, -0.1) is 11.3 Å². The van der Waals surface area contributed by atoms with E-state index in [1.54, 1.807) is 5.38 Å². The highest BCUT2D eigenvalue weighted by molar-refractivity contribution is 7.13. The zero-order valence-corrected chi connectivity index (χ0v) is 11.6. The molecule has 0 aliphatic carbocycles. The molecule has 0 aromatic carbocycles. The van der Waals surface area contributed by atoms with Crippen molar-refractivity contribution in [3.05, 3.63) is 34.6 Å². The number of rotatable bonds is 3.